The number of hydrogen-bond donors (Lipinski definition) is 0. The Balaban J connectivity index is 1.49. The van der Waals surface area contributed by atoms with Crippen LogP contribution in [0.25, 0.3) is 0 Å². The molecule has 2 heterocycles. The van der Waals surface area contributed by atoms with Gasteiger partial charge in [-0.1, -0.05) is 12.5 Å². The highest BCUT2D eigenvalue weighted by atomic mass is 16.5. The number of aromatic nitrogens is 1. The average Bonchev–Trinajstić information content (AvgIpc) is 2.20. The minimum atomic E-state index is 0.114. The lowest BCUT2D eigenvalue weighted by atomic mass is 9.83. The molecule has 18 heavy (non-hydrogen) atoms. The third-order valence-corrected chi connectivity index (χ3v) is 3.76. The third kappa shape index (κ3) is 2.19. The van der Waals surface area contributed by atoms with Crippen LogP contribution in [0.15, 0.2) is 18.2 Å². The van der Waals surface area contributed by atoms with E-state index in [0.29, 0.717) is 30.8 Å². The van der Waals surface area contributed by atoms with Crippen LogP contribution in [-0.2, 0) is 4.79 Å². The van der Waals surface area contributed by atoms with Gasteiger partial charge < -0.3 is 9.64 Å². The summed E-state index contributed by atoms with van der Waals surface area (Å²) in [5.41, 5.74) is 0.953. The highest BCUT2D eigenvalue weighted by Gasteiger charge is 2.37. The van der Waals surface area contributed by atoms with Gasteiger partial charge in [0.2, 0.25) is 11.8 Å². The number of pyridine rings is 1. The maximum Gasteiger partial charge on any atom is 0.225 e. The van der Waals surface area contributed by atoms with Crippen LogP contribution in [0.1, 0.15) is 25.0 Å². The first-order valence-corrected chi connectivity index (χ1v) is 6.61. The molecule has 1 saturated carbocycles. The zero-order valence-corrected chi connectivity index (χ0v) is 10.6. The topological polar surface area (TPSA) is 42.4 Å². The van der Waals surface area contributed by atoms with Crippen LogP contribution in [0.3, 0.4) is 0 Å². The van der Waals surface area contributed by atoms with E-state index in [1.807, 2.05) is 30.0 Å². The molecule has 3 rings (SSSR count). The number of nitrogens with zero attached hydrogens (tertiary/aromatic N) is 2. The summed E-state index contributed by atoms with van der Waals surface area (Å²) >= 11 is 0. The largest absolute Gasteiger partial charge is 0.471 e. The third-order valence-electron chi connectivity index (χ3n) is 3.76. The summed E-state index contributed by atoms with van der Waals surface area (Å²) in [6, 6.07) is 5.75. The van der Waals surface area contributed by atoms with Crippen LogP contribution in [0, 0.1) is 12.8 Å². The van der Waals surface area contributed by atoms with Gasteiger partial charge >= 0.3 is 0 Å². The number of aryl methyl sites for hydroxylation is 1. The Morgan fingerprint density at radius 1 is 1.39 bits per heavy atom. The van der Waals surface area contributed by atoms with E-state index in [1.165, 1.54) is 6.42 Å². The van der Waals surface area contributed by atoms with E-state index in [9.17, 15) is 4.79 Å². The van der Waals surface area contributed by atoms with Gasteiger partial charge in [0.1, 0.15) is 6.10 Å². The van der Waals surface area contributed by atoms with E-state index >= 15 is 0 Å². The van der Waals surface area contributed by atoms with Crippen molar-refractivity contribution in [3.05, 3.63) is 23.9 Å². The minimum Gasteiger partial charge on any atom is -0.471 e. The van der Waals surface area contributed by atoms with Gasteiger partial charge in [-0.3, -0.25) is 4.79 Å². The van der Waals surface area contributed by atoms with Crippen molar-refractivity contribution < 1.29 is 9.53 Å². The van der Waals surface area contributed by atoms with Gasteiger partial charge in [-0.25, -0.2) is 4.98 Å². The first kappa shape index (κ1) is 11.5. The number of amides is 1. The van der Waals surface area contributed by atoms with E-state index in [4.69, 9.17) is 4.74 Å². The standard InChI is InChI=1S/C14H18N2O2/c1-10-4-2-7-13(15-10)18-12-8-16(9-12)14(17)11-5-3-6-11/h2,4,7,11-12H,3,5-6,8-9H2,1H3. The molecule has 0 spiro atoms. The maximum absolute atomic E-state index is 11.9. The van der Waals surface area contributed by atoms with Gasteiger partial charge in [-0.2, -0.15) is 0 Å². The summed E-state index contributed by atoms with van der Waals surface area (Å²) < 4.78 is 5.74. The molecular formula is C14H18N2O2. The summed E-state index contributed by atoms with van der Waals surface area (Å²) in [6.07, 6.45) is 3.46. The lowest BCUT2D eigenvalue weighted by molar-refractivity contribution is -0.147. The zero-order chi connectivity index (χ0) is 12.5. The molecule has 1 aromatic rings. The van der Waals surface area contributed by atoms with Crippen molar-refractivity contribution in [2.75, 3.05) is 13.1 Å². The van der Waals surface area contributed by atoms with Crippen molar-refractivity contribution in [3.63, 3.8) is 0 Å². The number of likely N-dealkylation sites (tertiary alicyclic amines) is 1. The Morgan fingerprint density at radius 2 is 2.17 bits per heavy atom. The van der Waals surface area contributed by atoms with E-state index in [1.54, 1.807) is 0 Å². The van der Waals surface area contributed by atoms with Crippen LogP contribution in [0.5, 0.6) is 5.88 Å². The molecule has 1 amide bonds. The quantitative estimate of drug-likeness (QED) is 0.816. The minimum absolute atomic E-state index is 0.114. The number of carbonyl (C=O) groups excluding carboxylic acids is 1. The molecule has 0 N–H and O–H groups in total. The molecule has 96 valence electrons. The summed E-state index contributed by atoms with van der Waals surface area (Å²) in [7, 11) is 0. The molecule has 2 fully saturated rings. The van der Waals surface area contributed by atoms with Crippen molar-refractivity contribution in [1.82, 2.24) is 9.88 Å². The van der Waals surface area contributed by atoms with E-state index in [0.717, 1.165) is 18.5 Å². The second-order valence-electron chi connectivity index (χ2n) is 5.23. The smallest absolute Gasteiger partial charge is 0.225 e. The number of carbonyl (C=O) groups is 1. The monoisotopic (exact) mass is 246 g/mol. The first-order chi connectivity index (χ1) is 8.72. The second-order valence-corrected chi connectivity index (χ2v) is 5.23. The molecule has 1 aliphatic heterocycles. The van der Waals surface area contributed by atoms with Crippen molar-refractivity contribution >= 4 is 5.91 Å². The Labute approximate surface area is 107 Å². The number of rotatable bonds is 3. The van der Waals surface area contributed by atoms with Gasteiger partial charge in [0.25, 0.3) is 0 Å². The normalized spacial score (nSPS) is 20.2. The van der Waals surface area contributed by atoms with Crippen LogP contribution in [-0.4, -0.2) is 35.0 Å². The second kappa shape index (κ2) is 4.59. The fraction of sp³-hybridized carbons (Fsp3) is 0.571. The number of ether oxygens (including phenoxy) is 1. The van der Waals surface area contributed by atoms with E-state index in [2.05, 4.69) is 4.98 Å². The Kier molecular flexibility index (Phi) is 2.94. The summed E-state index contributed by atoms with van der Waals surface area (Å²) in [6.45, 7) is 3.37. The van der Waals surface area contributed by atoms with Crippen molar-refractivity contribution in [2.24, 2.45) is 5.92 Å². The van der Waals surface area contributed by atoms with E-state index < -0.39 is 0 Å². The summed E-state index contributed by atoms with van der Waals surface area (Å²) in [4.78, 5) is 18.1. The van der Waals surface area contributed by atoms with Gasteiger partial charge in [-0.05, 0) is 25.8 Å². The summed E-state index contributed by atoms with van der Waals surface area (Å²) in [5, 5.41) is 0. The lowest BCUT2D eigenvalue weighted by Crippen LogP contribution is -2.58. The molecule has 1 saturated heterocycles. The molecule has 4 heteroatoms. The molecule has 1 aliphatic carbocycles. The van der Waals surface area contributed by atoms with Gasteiger partial charge in [0, 0.05) is 17.7 Å². The lowest BCUT2D eigenvalue weighted by Gasteiger charge is -2.42. The molecule has 0 atom stereocenters. The van der Waals surface area contributed by atoms with Crippen molar-refractivity contribution in [2.45, 2.75) is 32.3 Å². The molecule has 0 bridgehead atoms. The Morgan fingerprint density at radius 3 is 2.78 bits per heavy atom. The van der Waals surface area contributed by atoms with Gasteiger partial charge in [0.05, 0.1) is 13.1 Å². The average molecular weight is 246 g/mol. The SMILES string of the molecule is Cc1cccc(OC2CN(C(=O)C3CCC3)C2)n1. The molecule has 0 unspecified atom stereocenters. The highest BCUT2D eigenvalue weighted by molar-refractivity contribution is 5.80. The van der Waals surface area contributed by atoms with Crippen LogP contribution < -0.4 is 4.74 Å². The Hall–Kier alpha value is -1.58. The first-order valence-electron chi connectivity index (χ1n) is 6.61. The molecule has 0 radical (unpaired) electrons. The van der Waals surface area contributed by atoms with Crippen LogP contribution >= 0.6 is 0 Å². The predicted molar refractivity (Wildman–Crippen MR) is 67.3 cm³/mol. The molecular weight excluding hydrogens is 228 g/mol. The Bertz CT molecular complexity index is 451. The number of hydrogen-bond acceptors (Lipinski definition) is 3. The van der Waals surface area contributed by atoms with Crippen LogP contribution in [0.2, 0.25) is 0 Å². The molecule has 1 aromatic heterocycles. The van der Waals surface area contributed by atoms with Crippen molar-refractivity contribution in [3.8, 4) is 5.88 Å². The zero-order valence-electron chi connectivity index (χ0n) is 10.6. The molecule has 4 nitrogen and oxygen atoms in total. The fourth-order valence-electron chi connectivity index (χ4n) is 2.36. The van der Waals surface area contributed by atoms with Crippen LogP contribution in [0.4, 0.5) is 0 Å². The molecule has 2 aliphatic rings. The van der Waals surface area contributed by atoms with E-state index in [-0.39, 0.29) is 6.10 Å². The van der Waals surface area contributed by atoms with Crippen molar-refractivity contribution in [1.29, 1.82) is 0 Å². The molecule has 0 aromatic carbocycles. The highest BCUT2D eigenvalue weighted by Crippen LogP contribution is 2.30. The van der Waals surface area contributed by atoms with Gasteiger partial charge in [-0.15, -0.1) is 0 Å². The summed E-state index contributed by atoms with van der Waals surface area (Å²) in [5.74, 6) is 1.28. The van der Waals surface area contributed by atoms with Gasteiger partial charge in [0.15, 0.2) is 0 Å². The fourth-order valence-corrected chi connectivity index (χ4v) is 2.36. The maximum atomic E-state index is 11.9. The predicted octanol–water partition coefficient (Wildman–Crippen LogP) is 1.78.